The van der Waals surface area contributed by atoms with Gasteiger partial charge in [0, 0.05) is 16.6 Å². The Balaban J connectivity index is 1.34. The third-order valence-corrected chi connectivity index (χ3v) is 5.89. The maximum Gasteiger partial charge on any atom is 0.0210 e. The molecular formula is C17H22BrN. The largest absolute Gasteiger partial charge is 0.311 e. The molecule has 0 bridgehead atoms. The van der Waals surface area contributed by atoms with E-state index in [1.807, 2.05) is 0 Å². The van der Waals surface area contributed by atoms with Crippen molar-refractivity contribution < 1.29 is 0 Å². The topological polar surface area (TPSA) is 12.0 Å². The SMILES string of the molecule is Brc1ccccc1C1CC(NC(C2CC2)C2CC2)C1. The molecule has 1 aromatic rings. The molecule has 102 valence electrons. The summed E-state index contributed by atoms with van der Waals surface area (Å²) in [4.78, 5) is 0. The van der Waals surface area contributed by atoms with Gasteiger partial charge in [0.25, 0.3) is 0 Å². The molecule has 3 aliphatic rings. The van der Waals surface area contributed by atoms with Gasteiger partial charge in [-0.25, -0.2) is 0 Å². The number of rotatable bonds is 5. The molecular weight excluding hydrogens is 298 g/mol. The molecule has 1 aromatic carbocycles. The summed E-state index contributed by atoms with van der Waals surface area (Å²) in [5, 5.41) is 3.98. The quantitative estimate of drug-likeness (QED) is 0.844. The van der Waals surface area contributed by atoms with Crippen LogP contribution in [0.5, 0.6) is 0 Å². The van der Waals surface area contributed by atoms with Gasteiger partial charge in [-0.3, -0.25) is 0 Å². The zero-order valence-corrected chi connectivity index (χ0v) is 12.9. The minimum atomic E-state index is 0.770. The monoisotopic (exact) mass is 319 g/mol. The number of nitrogens with one attached hydrogen (secondary N) is 1. The van der Waals surface area contributed by atoms with E-state index < -0.39 is 0 Å². The van der Waals surface area contributed by atoms with Crippen LogP contribution in [0, 0.1) is 11.8 Å². The molecule has 19 heavy (non-hydrogen) atoms. The van der Waals surface area contributed by atoms with Crippen LogP contribution in [-0.4, -0.2) is 12.1 Å². The average Bonchev–Trinajstić information content (AvgIpc) is 3.24. The summed E-state index contributed by atoms with van der Waals surface area (Å²) in [6, 6.07) is 10.4. The fraction of sp³-hybridized carbons (Fsp3) is 0.647. The third kappa shape index (κ3) is 2.62. The zero-order chi connectivity index (χ0) is 12.8. The van der Waals surface area contributed by atoms with E-state index in [-0.39, 0.29) is 0 Å². The standard InChI is InChI=1S/C17H22BrN/c18-16-4-2-1-3-15(16)13-9-14(10-13)19-17(11-5-6-11)12-7-8-12/h1-4,11-14,17,19H,5-10H2. The Kier molecular flexibility index (Phi) is 3.19. The van der Waals surface area contributed by atoms with Gasteiger partial charge in [-0.05, 0) is 67.9 Å². The van der Waals surface area contributed by atoms with Crippen LogP contribution >= 0.6 is 15.9 Å². The normalized spacial score (nSPS) is 30.4. The van der Waals surface area contributed by atoms with Gasteiger partial charge in [0.1, 0.15) is 0 Å². The lowest BCUT2D eigenvalue weighted by atomic mass is 9.75. The van der Waals surface area contributed by atoms with E-state index in [4.69, 9.17) is 0 Å². The molecule has 0 radical (unpaired) electrons. The predicted molar refractivity (Wildman–Crippen MR) is 82.3 cm³/mol. The lowest BCUT2D eigenvalue weighted by Crippen LogP contribution is -2.47. The van der Waals surface area contributed by atoms with Gasteiger partial charge in [-0.2, -0.15) is 0 Å². The highest BCUT2D eigenvalue weighted by Gasteiger charge is 2.44. The summed E-state index contributed by atoms with van der Waals surface area (Å²) in [5.41, 5.74) is 1.51. The smallest absolute Gasteiger partial charge is 0.0210 e. The van der Waals surface area contributed by atoms with E-state index in [1.165, 1.54) is 48.6 Å². The summed E-state index contributed by atoms with van der Waals surface area (Å²) >= 11 is 3.69. The van der Waals surface area contributed by atoms with Crippen LogP contribution in [0.4, 0.5) is 0 Å². The van der Waals surface area contributed by atoms with E-state index in [9.17, 15) is 0 Å². The van der Waals surface area contributed by atoms with Crippen molar-refractivity contribution in [3.05, 3.63) is 34.3 Å². The van der Waals surface area contributed by atoms with Crippen molar-refractivity contribution in [2.24, 2.45) is 11.8 Å². The Morgan fingerprint density at radius 2 is 1.63 bits per heavy atom. The summed E-state index contributed by atoms with van der Waals surface area (Å²) in [6.07, 6.45) is 8.59. The van der Waals surface area contributed by atoms with Crippen molar-refractivity contribution >= 4 is 15.9 Å². The van der Waals surface area contributed by atoms with Crippen molar-refractivity contribution in [3.63, 3.8) is 0 Å². The second-order valence-electron chi connectivity index (χ2n) is 6.75. The van der Waals surface area contributed by atoms with Gasteiger partial charge in [0.05, 0.1) is 0 Å². The van der Waals surface area contributed by atoms with E-state index in [0.717, 1.165) is 29.8 Å². The molecule has 3 aliphatic carbocycles. The molecule has 1 nitrogen and oxygen atoms in total. The number of benzene rings is 1. The fourth-order valence-corrected chi connectivity index (χ4v) is 4.26. The fourth-order valence-electron chi connectivity index (χ4n) is 3.65. The van der Waals surface area contributed by atoms with Crippen LogP contribution in [-0.2, 0) is 0 Å². The van der Waals surface area contributed by atoms with Crippen LogP contribution in [0.2, 0.25) is 0 Å². The molecule has 0 saturated heterocycles. The lowest BCUT2D eigenvalue weighted by Gasteiger charge is -2.39. The molecule has 0 atom stereocenters. The Labute approximate surface area is 124 Å². The summed E-state index contributed by atoms with van der Waals surface area (Å²) in [6.45, 7) is 0. The first-order valence-corrected chi connectivity index (χ1v) is 8.61. The number of hydrogen-bond acceptors (Lipinski definition) is 1. The van der Waals surface area contributed by atoms with Gasteiger partial charge in [0.2, 0.25) is 0 Å². The Bertz CT molecular complexity index is 446. The highest BCUT2D eigenvalue weighted by atomic mass is 79.9. The lowest BCUT2D eigenvalue weighted by molar-refractivity contribution is 0.241. The highest BCUT2D eigenvalue weighted by Crippen LogP contribution is 2.47. The van der Waals surface area contributed by atoms with Gasteiger partial charge in [-0.1, -0.05) is 34.1 Å². The van der Waals surface area contributed by atoms with Gasteiger partial charge >= 0.3 is 0 Å². The molecule has 0 spiro atoms. The van der Waals surface area contributed by atoms with E-state index in [2.05, 4.69) is 45.5 Å². The van der Waals surface area contributed by atoms with Crippen molar-refractivity contribution in [2.45, 2.75) is 56.5 Å². The summed E-state index contributed by atoms with van der Waals surface area (Å²) in [7, 11) is 0. The minimum absolute atomic E-state index is 0.770. The Morgan fingerprint density at radius 1 is 1.00 bits per heavy atom. The van der Waals surface area contributed by atoms with Crippen molar-refractivity contribution in [1.29, 1.82) is 0 Å². The molecule has 0 amide bonds. The average molecular weight is 320 g/mol. The predicted octanol–water partition coefficient (Wildman–Crippen LogP) is 4.47. The van der Waals surface area contributed by atoms with Gasteiger partial charge in [-0.15, -0.1) is 0 Å². The second-order valence-corrected chi connectivity index (χ2v) is 7.61. The Hall–Kier alpha value is -0.340. The maximum atomic E-state index is 3.98. The molecule has 0 unspecified atom stereocenters. The number of hydrogen-bond donors (Lipinski definition) is 1. The molecule has 0 aliphatic heterocycles. The highest BCUT2D eigenvalue weighted by molar-refractivity contribution is 9.10. The maximum absolute atomic E-state index is 3.98. The molecule has 3 fully saturated rings. The van der Waals surface area contributed by atoms with E-state index in [0.29, 0.717) is 0 Å². The first-order valence-electron chi connectivity index (χ1n) is 7.82. The molecule has 3 saturated carbocycles. The van der Waals surface area contributed by atoms with Crippen molar-refractivity contribution in [2.75, 3.05) is 0 Å². The minimum Gasteiger partial charge on any atom is -0.311 e. The van der Waals surface area contributed by atoms with Crippen molar-refractivity contribution in [1.82, 2.24) is 5.32 Å². The second kappa shape index (κ2) is 4.89. The number of halogens is 1. The first kappa shape index (κ1) is 12.4. The molecule has 1 N–H and O–H groups in total. The summed E-state index contributed by atoms with van der Waals surface area (Å²) in [5.74, 6) is 2.82. The van der Waals surface area contributed by atoms with E-state index in [1.54, 1.807) is 0 Å². The summed E-state index contributed by atoms with van der Waals surface area (Å²) < 4.78 is 1.29. The van der Waals surface area contributed by atoms with Gasteiger partial charge in [0.15, 0.2) is 0 Å². The van der Waals surface area contributed by atoms with Crippen LogP contribution in [0.3, 0.4) is 0 Å². The Morgan fingerprint density at radius 3 is 2.21 bits per heavy atom. The van der Waals surface area contributed by atoms with E-state index >= 15 is 0 Å². The third-order valence-electron chi connectivity index (χ3n) is 5.17. The first-order chi connectivity index (χ1) is 9.31. The molecule has 2 heteroatoms. The molecule has 4 rings (SSSR count). The van der Waals surface area contributed by atoms with Gasteiger partial charge < -0.3 is 5.32 Å². The van der Waals surface area contributed by atoms with Crippen LogP contribution in [0.1, 0.15) is 50.0 Å². The zero-order valence-electron chi connectivity index (χ0n) is 11.3. The van der Waals surface area contributed by atoms with Crippen LogP contribution in [0.25, 0.3) is 0 Å². The van der Waals surface area contributed by atoms with Crippen LogP contribution in [0.15, 0.2) is 28.7 Å². The van der Waals surface area contributed by atoms with Crippen LogP contribution < -0.4 is 5.32 Å². The molecule has 0 aromatic heterocycles. The van der Waals surface area contributed by atoms with Crippen molar-refractivity contribution in [3.8, 4) is 0 Å². The molecule has 0 heterocycles.